The minimum Gasteiger partial charge on any atom is -0.494 e. The number of ether oxygens (including phenoxy) is 2. The predicted molar refractivity (Wildman–Crippen MR) is 62.3 cm³/mol. The number of halogens is 1. The normalized spacial score (nSPS) is 12.6. The van der Waals surface area contributed by atoms with E-state index in [-0.39, 0.29) is 17.5 Å². The van der Waals surface area contributed by atoms with Crippen LogP contribution in [0.1, 0.15) is 20.8 Å². The van der Waals surface area contributed by atoms with Gasteiger partial charge in [0.1, 0.15) is 5.75 Å². The molecule has 0 heterocycles. The van der Waals surface area contributed by atoms with Crippen molar-refractivity contribution in [2.24, 2.45) is 5.92 Å². The Kier molecular flexibility index (Phi) is 3.99. The molecule has 0 amide bonds. The van der Waals surface area contributed by atoms with Crippen LogP contribution in [-0.2, 0) is 0 Å². The number of hydrogen-bond acceptors (Lipinski definition) is 3. The first-order chi connectivity index (χ1) is 7.45. The molecule has 0 radical (unpaired) electrons. The third kappa shape index (κ3) is 2.78. The molecule has 0 aliphatic carbocycles. The largest absolute Gasteiger partial charge is 0.494 e. The van der Waals surface area contributed by atoms with E-state index in [0.29, 0.717) is 11.7 Å². The summed E-state index contributed by atoms with van der Waals surface area (Å²) in [7, 11) is 1.41. The number of rotatable bonds is 4. The lowest BCUT2D eigenvalue weighted by atomic mass is 10.1. The lowest BCUT2D eigenvalue weighted by molar-refractivity contribution is 0.170. The summed E-state index contributed by atoms with van der Waals surface area (Å²) >= 11 is 0. The van der Waals surface area contributed by atoms with Gasteiger partial charge in [-0.3, -0.25) is 0 Å². The van der Waals surface area contributed by atoms with Crippen LogP contribution >= 0.6 is 0 Å². The van der Waals surface area contributed by atoms with E-state index in [0.717, 1.165) is 0 Å². The lowest BCUT2D eigenvalue weighted by Gasteiger charge is -2.19. The Labute approximate surface area is 95.4 Å². The molecule has 2 N–H and O–H groups in total. The molecule has 0 aromatic heterocycles. The summed E-state index contributed by atoms with van der Waals surface area (Å²) in [5.74, 6) is 0.472. The molecule has 1 atom stereocenters. The summed E-state index contributed by atoms with van der Waals surface area (Å²) in [5, 5.41) is 0. The Morgan fingerprint density at radius 3 is 2.31 bits per heavy atom. The molecule has 1 aromatic carbocycles. The standard InChI is InChI=1S/C12H18FNO2/c1-7(2)8(3)16-12-6-11(15-4)9(13)5-10(12)14/h5-8H,14H2,1-4H3. The summed E-state index contributed by atoms with van der Waals surface area (Å²) in [5.41, 5.74) is 5.96. The van der Waals surface area contributed by atoms with Gasteiger partial charge in [-0.1, -0.05) is 13.8 Å². The topological polar surface area (TPSA) is 44.5 Å². The number of anilines is 1. The van der Waals surface area contributed by atoms with Crippen molar-refractivity contribution in [3.8, 4) is 11.5 Å². The summed E-state index contributed by atoms with van der Waals surface area (Å²) in [6.07, 6.45) is 0.0115. The number of methoxy groups -OCH3 is 1. The molecule has 0 saturated carbocycles. The number of hydrogen-bond donors (Lipinski definition) is 1. The van der Waals surface area contributed by atoms with Gasteiger partial charge in [0, 0.05) is 12.1 Å². The Hall–Kier alpha value is -1.45. The van der Waals surface area contributed by atoms with E-state index in [4.69, 9.17) is 15.2 Å². The molecular weight excluding hydrogens is 209 g/mol. The van der Waals surface area contributed by atoms with Crippen LogP contribution in [-0.4, -0.2) is 13.2 Å². The first-order valence-corrected chi connectivity index (χ1v) is 5.25. The van der Waals surface area contributed by atoms with E-state index in [1.807, 2.05) is 20.8 Å². The molecule has 0 saturated heterocycles. The van der Waals surface area contributed by atoms with Crippen molar-refractivity contribution in [3.63, 3.8) is 0 Å². The van der Waals surface area contributed by atoms with E-state index in [9.17, 15) is 4.39 Å². The first kappa shape index (κ1) is 12.6. The van der Waals surface area contributed by atoms with Crippen LogP contribution in [0.4, 0.5) is 10.1 Å². The monoisotopic (exact) mass is 227 g/mol. The third-order valence-corrected chi connectivity index (χ3v) is 2.54. The average molecular weight is 227 g/mol. The number of nitrogens with two attached hydrogens (primary N) is 1. The average Bonchev–Trinajstić information content (AvgIpc) is 2.21. The summed E-state index contributed by atoms with van der Waals surface area (Å²) in [6.45, 7) is 6.03. The van der Waals surface area contributed by atoms with E-state index in [2.05, 4.69) is 0 Å². The van der Waals surface area contributed by atoms with Crippen molar-refractivity contribution in [3.05, 3.63) is 17.9 Å². The van der Waals surface area contributed by atoms with Crippen LogP contribution in [0.5, 0.6) is 11.5 Å². The maximum absolute atomic E-state index is 13.3. The molecule has 0 spiro atoms. The molecule has 1 aromatic rings. The van der Waals surface area contributed by atoms with Crippen molar-refractivity contribution in [1.82, 2.24) is 0 Å². The Morgan fingerprint density at radius 1 is 1.19 bits per heavy atom. The fourth-order valence-electron chi connectivity index (χ4n) is 1.14. The van der Waals surface area contributed by atoms with Gasteiger partial charge in [-0.15, -0.1) is 0 Å². The summed E-state index contributed by atoms with van der Waals surface area (Å²) in [6, 6.07) is 2.69. The minimum atomic E-state index is -0.482. The van der Waals surface area contributed by atoms with Gasteiger partial charge >= 0.3 is 0 Å². The molecule has 0 aliphatic heterocycles. The van der Waals surface area contributed by atoms with Gasteiger partial charge < -0.3 is 15.2 Å². The van der Waals surface area contributed by atoms with Crippen LogP contribution in [0, 0.1) is 11.7 Å². The highest BCUT2D eigenvalue weighted by molar-refractivity contribution is 5.56. The molecule has 3 nitrogen and oxygen atoms in total. The maximum atomic E-state index is 13.3. The molecule has 0 aliphatic rings. The zero-order valence-electron chi connectivity index (χ0n) is 10.1. The second kappa shape index (κ2) is 5.05. The van der Waals surface area contributed by atoms with E-state index >= 15 is 0 Å². The lowest BCUT2D eigenvalue weighted by Crippen LogP contribution is -2.19. The molecule has 0 fully saturated rings. The van der Waals surface area contributed by atoms with Gasteiger partial charge in [0.05, 0.1) is 18.9 Å². The van der Waals surface area contributed by atoms with Crippen molar-refractivity contribution in [1.29, 1.82) is 0 Å². The fourth-order valence-corrected chi connectivity index (χ4v) is 1.14. The second-order valence-corrected chi connectivity index (χ2v) is 4.09. The fraction of sp³-hybridized carbons (Fsp3) is 0.500. The highest BCUT2D eigenvalue weighted by Crippen LogP contribution is 2.31. The minimum absolute atomic E-state index is 0.0115. The zero-order chi connectivity index (χ0) is 12.3. The van der Waals surface area contributed by atoms with Crippen LogP contribution in [0.2, 0.25) is 0 Å². The predicted octanol–water partition coefficient (Wildman–Crippen LogP) is 2.84. The molecule has 16 heavy (non-hydrogen) atoms. The first-order valence-electron chi connectivity index (χ1n) is 5.25. The highest BCUT2D eigenvalue weighted by Gasteiger charge is 2.14. The quantitative estimate of drug-likeness (QED) is 0.804. The molecule has 90 valence electrons. The molecule has 4 heteroatoms. The van der Waals surface area contributed by atoms with Crippen molar-refractivity contribution in [2.75, 3.05) is 12.8 Å². The van der Waals surface area contributed by atoms with Gasteiger partial charge in [0.25, 0.3) is 0 Å². The van der Waals surface area contributed by atoms with E-state index in [1.165, 1.54) is 19.2 Å². The van der Waals surface area contributed by atoms with Gasteiger partial charge in [-0.25, -0.2) is 4.39 Å². The Morgan fingerprint density at radius 2 is 1.81 bits per heavy atom. The van der Waals surface area contributed by atoms with Gasteiger partial charge in [-0.05, 0) is 12.8 Å². The van der Waals surface area contributed by atoms with Gasteiger partial charge in [0.2, 0.25) is 0 Å². The zero-order valence-corrected chi connectivity index (χ0v) is 10.1. The Bertz CT molecular complexity index is 366. The molecule has 0 bridgehead atoms. The van der Waals surface area contributed by atoms with Gasteiger partial charge in [-0.2, -0.15) is 0 Å². The highest BCUT2D eigenvalue weighted by atomic mass is 19.1. The number of benzene rings is 1. The summed E-state index contributed by atoms with van der Waals surface area (Å²) in [4.78, 5) is 0. The van der Waals surface area contributed by atoms with Crippen LogP contribution in [0.15, 0.2) is 12.1 Å². The van der Waals surface area contributed by atoms with Crippen molar-refractivity contribution < 1.29 is 13.9 Å². The van der Waals surface area contributed by atoms with Crippen LogP contribution in [0.3, 0.4) is 0 Å². The third-order valence-electron chi connectivity index (χ3n) is 2.54. The molecular formula is C12H18FNO2. The second-order valence-electron chi connectivity index (χ2n) is 4.09. The van der Waals surface area contributed by atoms with E-state index in [1.54, 1.807) is 0 Å². The summed E-state index contributed by atoms with van der Waals surface area (Å²) < 4.78 is 23.8. The van der Waals surface area contributed by atoms with Crippen molar-refractivity contribution >= 4 is 5.69 Å². The number of nitrogen functional groups attached to an aromatic ring is 1. The molecule has 1 rings (SSSR count). The SMILES string of the molecule is COc1cc(OC(C)C(C)C)c(N)cc1F. The Balaban J connectivity index is 2.96. The smallest absolute Gasteiger partial charge is 0.167 e. The maximum Gasteiger partial charge on any atom is 0.167 e. The van der Waals surface area contributed by atoms with Gasteiger partial charge in [0.15, 0.2) is 11.6 Å². The van der Waals surface area contributed by atoms with Crippen LogP contribution in [0.25, 0.3) is 0 Å². The van der Waals surface area contributed by atoms with Crippen molar-refractivity contribution in [2.45, 2.75) is 26.9 Å². The van der Waals surface area contributed by atoms with E-state index < -0.39 is 5.82 Å². The van der Waals surface area contributed by atoms with Crippen LogP contribution < -0.4 is 15.2 Å². The molecule has 1 unspecified atom stereocenters.